The smallest absolute Gasteiger partial charge is 0.127 e. The van der Waals surface area contributed by atoms with Crippen molar-refractivity contribution in [2.24, 2.45) is 0 Å². The number of ether oxygens (including phenoxy) is 1. The maximum absolute atomic E-state index is 13.1. The lowest BCUT2D eigenvalue weighted by Crippen LogP contribution is -1.99. The van der Waals surface area contributed by atoms with Crippen LogP contribution in [0.5, 0.6) is 5.75 Å². The lowest BCUT2D eigenvalue weighted by molar-refractivity contribution is 0.198. The highest BCUT2D eigenvalue weighted by molar-refractivity contribution is 5.30. The van der Waals surface area contributed by atoms with Gasteiger partial charge in [0.1, 0.15) is 11.6 Å². The summed E-state index contributed by atoms with van der Waals surface area (Å²) in [7, 11) is 0. The van der Waals surface area contributed by atoms with Crippen molar-refractivity contribution >= 4 is 0 Å². The van der Waals surface area contributed by atoms with Gasteiger partial charge in [-0.1, -0.05) is 13.3 Å². The number of hydrogen-bond acceptors (Lipinski definition) is 2. The Labute approximate surface area is 89.7 Å². The summed E-state index contributed by atoms with van der Waals surface area (Å²) in [4.78, 5) is 0. The molecule has 15 heavy (non-hydrogen) atoms. The van der Waals surface area contributed by atoms with Crippen LogP contribution in [-0.4, -0.2) is 11.7 Å². The van der Waals surface area contributed by atoms with Gasteiger partial charge >= 0.3 is 0 Å². The van der Waals surface area contributed by atoms with Crippen LogP contribution >= 0.6 is 0 Å². The summed E-state index contributed by atoms with van der Waals surface area (Å²) in [5, 5.41) is 9.32. The molecule has 2 nitrogen and oxygen atoms in total. The average molecular weight is 212 g/mol. The molecule has 0 radical (unpaired) electrons. The molecule has 0 bridgehead atoms. The second-order valence-corrected chi connectivity index (χ2v) is 3.60. The molecule has 0 aliphatic heterocycles. The van der Waals surface area contributed by atoms with Crippen molar-refractivity contribution in [2.45, 2.75) is 32.8 Å². The fourth-order valence-electron chi connectivity index (χ4n) is 1.24. The third-order valence-electron chi connectivity index (χ3n) is 2.14. The molecule has 0 heterocycles. The Morgan fingerprint density at radius 1 is 1.40 bits per heavy atom. The molecule has 0 amide bonds. The number of aliphatic hydroxyl groups is 1. The Morgan fingerprint density at radius 2 is 2.13 bits per heavy atom. The van der Waals surface area contributed by atoms with Crippen LogP contribution < -0.4 is 4.74 Å². The van der Waals surface area contributed by atoms with Crippen LogP contribution in [0, 0.1) is 5.82 Å². The molecule has 1 atom stereocenters. The molecule has 0 fully saturated rings. The van der Waals surface area contributed by atoms with Crippen molar-refractivity contribution in [3.8, 4) is 5.75 Å². The zero-order chi connectivity index (χ0) is 11.3. The Kier molecular flexibility index (Phi) is 4.56. The minimum Gasteiger partial charge on any atom is -0.493 e. The van der Waals surface area contributed by atoms with Crippen LogP contribution in [0.2, 0.25) is 0 Å². The van der Waals surface area contributed by atoms with Gasteiger partial charge < -0.3 is 9.84 Å². The van der Waals surface area contributed by atoms with E-state index >= 15 is 0 Å². The van der Waals surface area contributed by atoms with Crippen LogP contribution in [0.3, 0.4) is 0 Å². The number of benzene rings is 1. The largest absolute Gasteiger partial charge is 0.493 e. The summed E-state index contributed by atoms with van der Waals surface area (Å²) in [5.74, 6) is 0.110. The molecule has 1 N–H and O–H groups in total. The molecule has 1 unspecified atom stereocenters. The van der Waals surface area contributed by atoms with Crippen molar-refractivity contribution in [1.82, 2.24) is 0 Å². The SMILES string of the molecule is CCCCOc1cc(F)cc(C(C)O)c1. The molecule has 1 aromatic rings. The third-order valence-corrected chi connectivity index (χ3v) is 2.14. The predicted molar refractivity (Wildman–Crippen MR) is 57.4 cm³/mol. The summed E-state index contributed by atoms with van der Waals surface area (Å²) >= 11 is 0. The first kappa shape index (κ1) is 12.0. The van der Waals surface area contributed by atoms with Gasteiger partial charge in [0.15, 0.2) is 0 Å². The van der Waals surface area contributed by atoms with Crippen molar-refractivity contribution in [1.29, 1.82) is 0 Å². The molecule has 0 aliphatic rings. The summed E-state index contributed by atoms with van der Waals surface area (Å²) in [6.07, 6.45) is 1.31. The third kappa shape index (κ3) is 3.88. The lowest BCUT2D eigenvalue weighted by Gasteiger charge is -2.09. The second kappa shape index (κ2) is 5.71. The zero-order valence-electron chi connectivity index (χ0n) is 9.16. The molecule has 0 saturated heterocycles. The van der Waals surface area contributed by atoms with Gasteiger partial charge in [-0.25, -0.2) is 4.39 Å². The molecular weight excluding hydrogens is 195 g/mol. The molecule has 1 rings (SSSR count). The van der Waals surface area contributed by atoms with E-state index in [9.17, 15) is 9.50 Å². The van der Waals surface area contributed by atoms with Gasteiger partial charge in [0.2, 0.25) is 0 Å². The molecule has 0 saturated carbocycles. The Morgan fingerprint density at radius 3 is 2.73 bits per heavy atom. The Bertz CT molecular complexity index is 310. The van der Waals surface area contributed by atoms with Crippen molar-refractivity contribution in [2.75, 3.05) is 6.61 Å². The van der Waals surface area contributed by atoms with Gasteiger partial charge in [0.25, 0.3) is 0 Å². The first-order valence-corrected chi connectivity index (χ1v) is 5.25. The van der Waals surface area contributed by atoms with Crippen LogP contribution in [0.25, 0.3) is 0 Å². The number of hydrogen-bond donors (Lipinski definition) is 1. The average Bonchev–Trinajstić information content (AvgIpc) is 2.17. The maximum atomic E-state index is 13.1. The van der Waals surface area contributed by atoms with E-state index in [-0.39, 0.29) is 5.82 Å². The summed E-state index contributed by atoms with van der Waals surface area (Å²) in [6.45, 7) is 4.25. The van der Waals surface area contributed by atoms with Gasteiger partial charge in [-0.15, -0.1) is 0 Å². The minimum atomic E-state index is -0.672. The minimum absolute atomic E-state index is 0.375. The predicted octanol–water partition coefficient (Wildman–Crippen LogP) is 3.06. The molecule has 3 heteroatoms. The van der Waals surface area contributed by atoms with Crippen LogP contribution in [0.15, 0.2) is 18.2 Å². The van der Waals surface area contributed by atoms with E-state index in [1.165, 1.54) is 12.1 Å². The van der Waals surface area contributed by atoms with E-state index in [4.69, 9.17) is 4.74 Å². The zero-order valence-corrected chi connectivity index (χ0v) is 9.16. The molecule has 0 spiro atoms. The molecule has 0 aromatic heterocycles. The standard InChI is InChI=1S/C12H17FO2/c1-3-4-5-15-12-7-10(9(2)14)6-11(13)8-12/h6-9,14H,3-5H2,1-2H3. The fraction of sp³-hybridized carbons (Fsp3) is 0.500. The van der Waals surface area contributed by atoms with Gasteiger partial charge in [0, 0.05) is 6.07 Å². The fourth-order valence-corrected chi connectivity index (χ4v) is 1.24. The summed E-state index contributed by atoms with van der Waals surface area (Å²) in [5.41, 5.74) is 0.543. The Hall–Kier alpha value is -1.09. The van der Waals surface area contributed by atoms with Gasteiger partial charge in [-0.3, -0.25) is 0 Å². The molecule has 1 aromatic carbocycles. The van der Waals surface area contributed by atoms with Gasteiger partial charge in [0.05, 0.1) is 12.7 Å². The van der Waals surface area contributed by atoms with Crippen LogP contribution in [0.4, 0.5) is 4.39 Å². The maximum Gasteiger partial charge on any atom is 0.127 e. The summed E-state index contributed by atoms with van der Waals surface area (Å²) < 4.78 is 18.5. The molecule has 0 aliphatic carbocycles. The monoisotopic (exact) mass is 212 g/mol. The molecular formula is C12H17FO2. The number of rotatable bonds is 5. The number of halogens is 1. The highest BCUT2D eigenvalue weighted by Crippen LogP contribution is 2.21. The van der Waals surface area contributed by atoms with Crippen LogP contribution in [-0.2, 0) is 0 Å². The Balaban J connectivity index is 2.71. The highest BCUT2D eigenvalue weighted by atomic mass is 19.1. The van der Waals surface area contributed by atoms with Gasteiger partial charge in [-0.2, -0.15) is 0 Å². The first-order chi connectivity index (χ1) is 7.13. The van der Waals surface area contributed by atoms with E-state index in [1.807, 2.05) is 0 Å². The van der Waals surface area contributed by atoms with Crippen molar-refractivity contribution in [3.05, 3.63) is 29.6 Å². The first-order valence-electron chi connectivity index (χ1n) is 5.25. The van der Waals surface area contributed by atoms with E-state index < -0.39 is 6.10 Å². The van der Waals surface area contributed by atoms with E-state index in [2.05, 4.69) is 6.92 Å². The van der Waals surface area contributed by atoms with E-state index in [1.54, 1.807) is 13.0 Å². The topological polar surface area (TPSA) is 29.5 Å². The number of aliphatic hydroxyl groups excluding tert-OH is 1. The quantitative estimate of drug-likeness (QED) is 0.760. The summed E-state index contributed by atoms with van der Waals surface area (Å²) in [6, 6.07) is 4.32. The molecule has 84 valence electrons. The normalized spacial score (nSPS) is 12.5. The van der Waals surface area contributed by atoms with Crippen molar-refractivity contribution < 1.29 is 14.2 Å². The second-order valence-electron chi connectivity index (χ2n) is 3.60. The van der Waals surface area contributed by atoms with Gasteiger partial charge in [-0.05, 0) is 31.0 Å². The lowest BCUT2D eigenvalue weighted by atomic mass is 10.1. The van der Waals surface area contributed by atoms with Crippen LogP contribution in [0.1, 0.15) is 38.4 Å². The highest BCUT2D eigenvalue weighted by Gasteiger charge is 2.05. The van der Waals surface area contributed by atoms with E-state index in [0.29, 0.717) is 17.9 Å². The van der Waals surface area contributed by atoms with E-state index in [0.717, 1.165) is 12.8 Å². The van der Waals surface area contributed by atoms with Crippen molar-refractivity contribution in [3.63, 3.8) is 0 Å². The number of unbranched alkanes of at least 4 members (excludes halogenated alkanes) is 1.